The van der Waals surface area contributed by atoms with Crippen molar-refractivity contribution < 1.29 is 29.0 Å². The molecule has 302 valence electrons. The van der Waals surface area contributed by atoms with E-state index in [0.29, 0.717) is 44.6 Å². The molecule has 0 radical (unpaired) electrons. The first kappa shape index (κ1) is 39.1. The highest BCUT2D eigenvalue weighted by Crippen LogP contribution is 2.65. The zero-order valence-electron chi connectivity index (χ0n) is 33.0. The van der Waals surface area contributed by atoms with E-state index in [4.69, 9.17) is 16.3 Å². The molecule has 2 aliphatic heterocycles. The third-order valence-electron chi connectivity index (χ3n) is 12.5. The van der Waals surface area contributed by atoms with Crippen LogP contribution in [0.2, 0.25) is 5.02 Å². The first-order chi connectivity index (χ1) is 29.1. The smallest absolute Gasteiger partial charge is 0.246 e. The van der Waals surface area contributed by atoms with Crippen molar-refractivity contribution in [3.8, 4) is 5.75 Å². The number of nitrogens with zero attached hydrogens (tertiary/aromatic N) is 5. The number of aliphatic hydroxyl groups excluding tert-OH is 1. The predicted octanol–water partition coefficient (Wildman–Crippen LogP) is 8.56. The standard InChI is InChI=1S/C48H42ClN5O6/c1-52(2)33-19-15-31(16-20-33)50-51-32-17-21-34(22-18-32)53-44(56)38-24-23-36-39(42(38)46(53)58)28-40-45(57)54(35-12-8-11-30(49)27-35)47(59)48(40,29-9-4-3-5-10-29)43(36)37-13-6-7-14-41(37)60-26-25-55/h3-23,27,38-40,42-43,55H,24-26,28H2,1-2H3. The Morgan fingerprint density at radius 1 is 0.750 bits per heavy atom. The Balaban J connectivity index is 1.12. The number of carbonyl (C=O) groups excluding carboxylic acids is 4. The molecule has 2 heterocycles. The lowest BCUT2D eigenvalue weighted by Crippen LogP contribution is -2.53. The fourth-order valence-corrected chi connectivity index (χ4v) is 10.1. The van der Waals surface area contributed by atoms with Gasteiger partial charge in [0.2, 0.25) is 23.6 Å². The van der Waals surface area contributed by atoms with Gasteiger partial charge in [0.1, 0.15) is 12.4 Å². The van der Waals surface area contributed by atoms with Gasteiger partial charge in [0.05, 0.1) is 52.5 Å². The van der Waals surface area contributed by atoms with Crippen molar-refractivity contribution in [2.24, 2.45) is 33.9 Å². The molecule has 5 aromatic rings. The molecular weight excluding hydrogens is 778 g/mol. The first-order valence-electron chi connectivity index (χ1n) is 20.0. The van der Waals surface area contributed by atoms with Crippen LogP contribution >= 0.6 is 11.6 Å². The topological polar surface area (TPSA) is 132 Å². The van der Waals surface area contributed by atoms with E-state index in [1.165, 1.54) is 9.80 Å². The van der Waals surface area contributed by atoms with Crippen LogP contribution in [0.25, 0.3) is 0 Å². The highest BCUT2D eigenvalue weighted by Gasteiger charge is 2.70. The number of hydrogen-bond donors (Lipinski definition) is 1. The maximum atomic E-state index is 15.6. The zero-order chi connectivity index (χ0) is 41.7. The van der Waals surface area contributed by atoms with Crippen LogP contribution in [0.15, 0.2) is 149 Å². The molecular formula is C48H42ClN5O6. The number of rotatable bonds is 10. The minimum Gasteiger partial charge on any atom is -0.491 e. The molecule has 11 nitrogen and oxygen atoms in total. The summed E-state index contributed by atoms with van der Waals surface area (Å²) in [6.45, 7) is -0.228. The quantitative estimate of drug-likeness (QED) is 0.0849. The molecule has 9 rings (SSSR count). The fraction of sp³-hybridized carbons (Fsp3) is 0.250. The SMILES string of the molecule is CN(C)c1ccc(N=Nc2ccc(N3C(=O)C4CC=C5C(CC6C(=O)N(c7cccc(Cl)c7)C(=O)C6(c6ccccc6)C5c5ccccc5OCCO)C4C3=O)cc2)cc1. The number of benzene rings is 5. The van der Waals surface area contributed by atoms with Gasteiger partial charge in [-0.1, -0.05) is 77.8 Å². The van der Waals surface area contributed by atoms with Crippen molar-refractivity contribution in [2.75, 3.05) is 42.0 Å². The summed E-state index contributed by atoms with van der Waals surface area (Å²) in [6, 6.07) is 37.9. The molecule has 1 saturated carbocycles. The Morgan fingerprint density at radius 2 is 1.43 bits per heavy atom. The number of hydrogen-bond acceptors (Lipinski definition) is 9. The number of halogens is 1. The van der Waals surface area contributed by atoms with Crippen LogP contribution in [-0.2, 0) is 24.6 Å². The number of ether oxygens (including phenoxy) is 1. The van der Waals surface area contributed by atoms with Gasteiger partial charge in [-0.05, 0) is 97.1 Å². The van der Waals surface area contributed by atoms with Crippen molar-refractivity contribution in [2.45, 2.75) is 24.2 Å². The molecule has 0 bridgehead atoms. The second kappa shape index (κ2) is 15.6. The summed E-state index contributed by atoms with van der Waals surface area (Å²) in [7, 11) is 3.93. The third-order valence-corrected chi connectivity index (χ3v) is 12.7. The molecule has 6 atom stereocenters. The van der Waals surface area contributed by atoms with Crippen LogP contribution in [0.1, 0.15) is 29.9 Å². The average Bonchev–Trinajstić information content (AvgIpc) is 3.66. The van der Waals surface area contributed by atoms with Gasteiger partial charge in [0.25, 0.3) is 0 Å². The Morgan fingerprint density at radius 3 is 2.12 bits per heavy atom. The van der Waals surface area contributed by atoms with Gasteiger partial charge in [-0.2, -0.15) is 10.2 Å². The number of amides is 4. The van der Waals surface area contributed by atoms with E-state index < -0.39 is 46.8 Å². The number of imide groups is 2. The van der Waals surface area contributed by atoms with Crippen LogP contribution in [0.5, 0.6) is 5.75 Å². The van der Waals surface area contributed by atoms with Crippen molar-refractivity contribution in [3.63, 3.8) is 0 Å². The molecule has 2 saturated heterocycles. The maximum Gasteiger partial charge on any atom is 0.246 e. The Kier molecular flexibility index (Phi) is 10.2. The molecule has 4 amide bonds. The normalized spacial score (nSPS) is 24.7. The summed E-state index contributed by atoms with van der Waals surface area (Å²) in [5.74, 6) is -4.75. The lowest BCUT2D eigenvalue weighted by atomic mass is 9.49. The monoisotopic (exact) mass is 819 g/mol. The van der Waals surface area contributed by atoms with E-state index in [1.807, 2.05) is 97.9 Å². The molecule has 60 heavy (non-hydrogen) atoms. The van der Waals surface area contributed by atoms with E-state index in [1.54, 1.807) is 54.6 Å². The van der Waals surface area contributed by atoms with Gasteiger partial charge in [0, 0.05) is 36.3 Å². The van der Waals surface area contributed by atoms with Crippen LogP contribution in [0.3, 0.4) is 0 Å². The number of para-hydroxylation sites is 1. The lowest BCUT2D eigenvalue weighted by molar-refractivity contribution is -0.127. The molecule has 0 spiro atoms. The Bertz CT molecular complexity index is 2560. The summed E-state index contributed by atoms with van der Waals surface area (Å²) in [5, 5.41) is 18.9. The minimum atomic E-state index is -1.46. The number of azo groups is 1. The summed E-state index contributed by atoms with van der Waals surface area (Å²) in [6.07, 6.45) is 2.44. The maximum absolute atomic E-state index is 15.6. The van der Waals surface area contributed by atoms with E-state index in [0.717, 1.165) is 11.3 Å². The predicted molar refractivity (Wildman–Crippen MR) is 229 cm³/mol. The van der Waals surface area contributed by atoms with Gasteiger partial charge in [-0.25, -0.2) is 4.90 Å². The highest BCUT2D eigenvalue weighted by atomic mass is 35.5. The second-order valence-electron chi connectivity index (χ2n) is 15.8. The molecule has 5 aromatic carbocycles. The van der Waals surface area contributed by atoms with Gasteiger partial charge in [-0.3, -0.25) is 24.1 Å². The van der Waals surface area contributed by atoms with Crippen LogP contribution in [-0.4, -0.2) is 56.0 Å². The number of anilines is 3. The van der Waals surface area contributed by atoms with Crippen molar-refractivity contribution >= 4 is 63.7 Å². The van der Waals surface area contributed by atoms with Crippen LogP contribution in [0, 0.1) is 23.7 Å². The van der Waals surface area contributed by atoms with Gasteiger partial charge in [-0.15, -0.1) is 0 Å². The Hall–Kier alpha value is -6.43. The van der Waals surface area contributed by atoms with Gasteiger partial charge < -0.3 is 14.7 Å². The summed E-state index contributed by atoms with van der Waals surface area (Å²) >= 11 is 6.45. The summed E-state index contributed by atoms with van der Waals surface area (Å²) < 4.78 is 6.15. The Labute approximate surface area is 352 Å². The first-order valence-corrected chi connectivity index (χ1v) is 20.4. The molecule has 6 unspecified atom stereocenters. The number of aliphatic hydroxyl groups is 1. The van der Waals surface area contributed by atoms with Gasteiger partial charge in [0.15, 0.2) is 0 Å². The van der Waals surface area contributed by atoms with E-state index in [9.17, 15) is 14.7 Å². The molecule has 12 heteroatoms. The third kappa shape index (κ3) is 6.31. The number of fused-ring (bicyclic) bond motifs is 4. The van der Waals surface area contributed by atoms with E-state index in [-0.39, 0.29) is 37.9 Å². The zero-order valence-corrected chi connectivity index (χ0v) is 33.8. The summed E-state index contributed by atoms with van der Waals surface area (Å²) in [5.41, 5.74) is 3.70. The van der Waals surface area contributed by atoms with Crippen molar-refractivity contribution in [1.82, 2.24) is 0 Å². The van der Waals surface area contributed by atoms with E-state index >= 15 is 9.59 Å². The van der Waals surface area contributed by atoms with Gasteiger partial charge >= 0.3 is 0 Å². The molecule has 4 aliphatic rings. The molecule has 3 fully saturated rings. The molecule has 0 aromatic heterocycles. The number of allylic oxidation sites excluding steroid dienone is 2. The fourth-order valence-electron chi connectivity index (χ4n) is 9.95. The molecule has 2 aliphatic carbocycles. The lowest BCUT2D eigenvalue weighted by Gasteiger charge is -2.51. The largest absolute Gasteiger partial charge is 0.491 e. The van der Waals surface area contributed by atoms with Crippen LogP contribution < -0.4 is 19.4 Å². The van der Waals surface area contributed by atoms with Crippen molar-refractivity contribution in [3.05, 3.63) is 155 Å². The number of carbonyl (C=O) groups is 4. The molecule has 1 N–H and O–H groups in total. The average molecular weight is 820 g/mol. The highest BCUT2D eigenvalue weighted by molar-refractivity contribution is 6.32. The summed E-state index contributed by atoms with van der Waals surface area (Å²) in [4.78, 5) is 64.3. The minimum absolute atomic E-state index is 0.00612. The van der Waals surface area contributed by atoms with E-state index in [2.05, 4.69) is 10.2 Å². The van der Waals surface area contributed by atoms with Crippen molar-refractivity contribution in [1.29, 1.82) is 0 Å². The second-order valence-corrected chi connectivity index (χ2v) is 16.3. The van der Waals surface area contributed by atoms with Crippen LogP contribution in [0.4, 0.5) is 28.4 Å².